The third kappa shape index (κ3) is 5.16. The van der Waals surface area contributed by atoms with E-state index >= 15 is 0 Å². The van der Waals surface area contributed by atoms with E-state index in [0.717, 1.165) is 43.1 Å². The van der Waals surface area contributed by atoms with Crippen LogP contribution in [0.5, 0.6) is 5.88 Å². The van der Waals surface area contributed by atoms with E-state index in [9.17, 15) is 0 Å². The topological polar surface area (TPSA) is 50.3 Å². The number of aromatic nitrogens is 2. The minimum atomic E-state index is 0.525. The van der Waals surface area contributed by atoms with Crippen molar-refractivity contribution in [2.75, 3.05) is 18.0 Å². The molecule has 0 bridgehead atoms. The molecule has 25 heavy (non-hydrogen) atoms. The lowest BCUT2D eigenvalue weighted by molar-refractivity contribution is 0.292. The lowest BCUT2D eigenvalue weighted by Crippen LogP contribution is -2.45. The van der Waals surface area contributed by atoms with E-state index in [1.807, 2.05) is 31.2 Å². The number of ether oxygens (including phenoxy) is 1. The Morgan fingerprint density at radius 3 is 2.56 bits per heavy atom. The average Bonchev–Trinajstić information content (AvgIpc) is 2.60. The third-order valence-corrected chi connectivity index (χ3v) is 4.40. The summed E-state index contributed by atoms with van der Waals surface area (Å²) in [5.74, 6) is 1.43. The molecule has 0 radical (unpaired) electrons. The minimum absolute atomic E-state index is 0.525. The first-order chi connectivity index (χ1) is 12.1. The van der Waals surface area contributed by atoms with Gasteiger partial charge in [0.15, 0.2) is 0 Å². The Bertz CT molecular complexity index is 667. The van der Waals surface area contributed by atoms with Gasteiger partial charge in [-0.05, 0) is 25.3 Å². The largest absolute Gasteiger partial charge is 0.473 e. The fourth-order valence-electron chi connectivity index (χ4n) is 3.19. The highest BCUT2D eigenvalue weighted by Crippen LogP contribution is 2.20. The maximum Gasteiger partial charge on any atom is 0.228 e. The molecule has 5 heteroatoms. The SMILES string of the molecule is Cc1cc(OCc2ccccc2)nc(N2CCC(NC(C)C)CC2)n1. The van der Waals surface area contributed by atoms with Crippen LogP contribution in [-0.2, 0) is 6.61 Å². The summed E-state index contributed by atoms with van der Waals surface area (Å²) in [7, 11) is 0. The Balaban J connectivity index is 1.62. The highest BCUT2D eigenvalue weighted by Gasteiger charge is 2.21. The fraction of sp³-hybridized carbons (Fsp3) is 0.500. The summed E-state index contributed by atoms with van der Waals surface area (Å²) in [6.07, 6.45) is 2.24. The minimum Gasteiger partial charge on any atom is -0.473 e. The number of benzene rings is 1. The van der Waals surface area contributed by atoms with Gasteiger partial charge in [-0.25, -0.2) is 4.98 Å². The zero-order valence-electron chi connectivity index (χ0n) is 15.4. The summed E-state index contributed by atoms with van der Waals surface area (Å²) in [5.41, 5.74) is 2.08. The Labute approximate surface area is 150 Å². The van der Waals surface area contributed by atoms with Crippen molar-refractivity contribution in [3.8, 4) is 5.88 Å². The number of hydrogen-bond acceptors (Lipinski definition) is 5. The predicted molar refractivity (Wildman–Crippen MR) is 101 cm³/mol. The van der Waals surface area contributed by atoms with Crippen LogP contribution in [0.3, 0.4) is 0 Å². The van der Waals surface area contributed by atoms with Crippen molar-refractivity contribution in [1.82, 2.24) is 15.3 Å². The fourth-order valence-corrected chi connectivity index (χ4v) is 3.19. The van der Waals surface area contributed by atoms with Gasteiger partial charge in [0.05, 0.1) is 0 Å². The summed E-state index contributed by atoms with van der Waals surface area (Å²) in [6, 6.07) is 13.2. The summed E-state index contributed by atoms with van der Waals surface area (Å²) in [5, 5.41) is 3.62. The van der Waals surface area contributed by atoms with E-state index in [2.05, 4.69) is 46.2 Å². The van der Waals surface area contributed by atoms with Gasteiger partial charge < -0.3 is 15.0 Å². The maximum absolute atomic E-state index is 5.89. The zero-order chi connectivity index (χ0) is 17.6. The molecule has 1 aliphatic heterocycles. The van der Waals surface area contributed by atoms with Gasteiger partial charge in [-0.1, -0.05) is 44.2 Å². The van der Waals surface area contributed by atoms with Gasteiger partial charge in [-0.2, -0.15) is 4.98 Å². The van der Waals surface area contributed by atoms with Crippen LogP contribution in [0.15, 0.2) is 36.4 Å². The molecule has 0 atom stereocenters. The molecule has 1 fully saturated rings. The average molecular weight is 340 g/mol. The molecule has 5 nitrogen and oxygen atoms in total. The Hall–Kier alpha value is -2.14. The van der Waals surface area contributed by atoms with Crippen molar-refractivity contribution in [3.63, 3.8) is 0 Å². The molecule has 1 aromatic heterocycles. The van der Waals surface area contributed by atoms with Gasteiger partial charge in [-0.15, -0.1) is 0 Å². The normalized spacial score (nSPS) is 15.6. The summed E-state index contributed by atoms with van der Waals surface area (Å²) < 4.78 is 5.89. The number of nitrogens with one attached hydrogen (secondary N) is 1. The highest BCUT2D eigenvalue weighted by atomic mass is 16.5. The molecular weight excluding hydrogens is 312 g/mol. The van der Waals surface area contributed by atoms with Crippen molar-refractivity contribution in [1.29, 1.82) is 0 Å². The number of anilines is 1. The third-order valence-electron chi connectivity index (χ3n) is 4.40. The van der Waals surface area contributed by atoms with E-state index in [0.29, 0.717) is 24.6 Å². The maximum atomic E-state index is 5.89. The second kappa shape index (κ2) is 8.30. The van der Waals surface area contributed by atoms with Crippen molar-refractivity contribution < 1.29 is 4.74 Å². The molecular formula is C20H28N4O. The Morgan fingerprint density at radius 2 is 1.88 bits per heavy atom. The Morgan fingerprint density at radius 1 is 1.16 bits per heavy atom. The van der Waals surface area contributed by atoms with Gasteiger partial charge in [0.1, 0.15) is 6.61 Å². The second-order valence-electron chi connectivity index (χ2n) is 7.00. The number of piperidine rings is 1. The van der Waals surface area contributed by atoms with Crippen molar-refractivity contribution >= 4 is 5.95 Å². The molecule has 1 saturated heterocycles. The number of rotatable bonds is 6. The van der Waals surface area contributed by atoms with Gasteiger partial charge in [-0.3, -0.25) is 0 Å². The Kier molecular flexibility index (Phi) is 5.87. The molecule has 0 aliphatic carbocycles. The molecule has 0 unspecified atom stereocenters. The van der Waals surface area contributed by atoms with E-state index in [1.165, 1.54) is 0 Å². The molecule has 1 aliphatic rings. The van der Waals surface area contributed by atoms with E-state index in [4.69, 9.17) is 4.74 Å². The summed E-state index contributed by atoms with van der Waals surface area (Å²) in [4.78, 5) is 11.5. The quantitative estimate of drug-likeness (QED) is 0.874. The molecule has 0 saturated carbocycles. The second-order valence-corrected chi connectivity index (χ2v) is 7.00. The predicted octanol–water partition coefficient (Wildman–Crippen LogP) is 3.33. The van der Waals surface area contributed by atoms with E-state index in [1.54, 1.807) is 0 Å². The monoisotopic (exact) mass is 340 g/mol. The van der Waals surface area contributed by atoms with Gasteiger partial charge in [0.25, 0.3) is 0 Å². The summed E-state index contributed by atoms with van der Waals surface area (Å²) in [6.45, 7) is 8.88. The molecule has 134 valence electrons. The van der Waals surface area contributed by atoms with Crippen LogP contribution < -0.4 is 15.0 Å². The van der Waals surface area contributed by atoms with Crippen LogP contribution in [0, 0.1) is 6.92 Å². The summed E-state index contributed by atoms with van der Waals surface area (Å²) >= 11 is 0. The van der Waals surface area contributed by atoms with Crippen molar-refractivity contribution in [3.05, 3.63) is 47.7 Å². The van der Waals surface area contributed by atoms with E-state index in [-0.39, 0.29) is 0 Å². The zero-order valence-corrected chi connectivity index (χ0v) is 15.4. The number of nitrogens with zero attached hydrogens (tertiary/aromatic N) is 3. The lowest BCUT2D eigenvalue weighted by Gasteiger charge is -2.33. The first-order valence-electron chi connectivity index (χ1n) is 9.13. The van der Waals surface area contributed by atoms with Crippen LogP contribution in [0.4, 0.5) is 5.95 Å². The van der Waals surface area contributed by atoms with Crippen molar-refractivity contribution in [2.45, 2.75) is 52.3 Å². The number of hydrogen-bond donors (Lipinski definition) is 1. The van der Waals surface area contributed by atoms with Crippen LogP contribution in [0.1, 0.15) is 37.9 Å². The van der Waals surface area contributed by atoms with Gasteiger partial charge >= 0.3 is 0 Å². The first-order valence-corrected chi connectivity index (χ1v) is 9.13. The standard InChI is InChI=1S/C20H28N4O/c1-15(2)21-18-9-11-24(12-10-18)20-22-16(3)13-19(23-20)25-14-17-7-5-4-6-8-17/h4-8,13,15,18,21H,9-12,14H2,1-3H3. The number of aryl methyl sites for hydroxylation is 1. The van der Waals surface area contributed by atoms with Crippen LogP contribution >= 0.6 is 0 Å². The van der Waals surface area contributed by atoms with Crippen LogP contribution in [0.2, 0.25) is 0 Å². The molecule has 3 rings (SSSR count). The molecule has 1 N–H and O–H groups in total. The molecule has 0 spiro atoms. The smallest absolute Gasteiger partial charge is 0.228 e. The molecule has 2 heterocycles. The molecule has 2 aromatic rings. The van der Waals surface area contributed by atoms with E-state index < -0.39 is 0 Å². The van der Waals surface area contributed by atoms with Crippen molar-refractivity contribution in [2.24, 2.45) is 0 Å². The highest BCUT2D eigenvalue weighted by molar-refractivity contribution is 5.35. The van der Waals surface area contributed by atoms with Gasteiger partial charge in [0, 0.05) is 36.9 Å². The van der Waals surface area contributed by atoms with Crippen LogP contribution in [-0.4, -0.2) is 35.1 Å². The molecule has 0 amide bonds. The molecule has 1 aromatic carbocycles. The first kappa shape index (κ1) is 17.7. The van der Waals surface area contributed by atoms with Gasteiger partial charge in [0.2, 0.25) is 11.8 Å². The lowest BCUT2D eigenvalue weighted by atomic mass is 10.0. The van der Waals surface area contributed by atoms with Crippen LogP contribution in [0.25, 0.3) is 0 Å².